The van der Waals surface area contributed by atoms with Gasteiger partial charge in [-0.15, -0.1) is 0 Å². The van der Waals surface area contributed by atoms with Gasteiger partial charge in [0.1, 0.15) is 17.5 Å². The predicted molar refractivity (Wildman–Crippen MR) is 93.6 cm³/mol. The lowest BCUT2D eigenvalue weighted by molar-refractivity contribution is 0.515. The average molecular weight is 308 g/mol. The van der Waals surface area contributed by atoms with Crippen molar-refractivity contribution in [3.8, 4) is 0 Å². The van der Waals surface area contributed by atoms with E-state index in [2.05, 4.69) is 55.1 Å². The lowest BCUT2D eigenvalue weighted by atomic mass is 10.0. The molecule has 0 unspecified atom stereocenters. The summed E-state index contributed by atoms with van der Waals surface area (Å²) in [4.78, 5) is 9.38. The van der Waals surface area contributed by atoms with E-state index in [1.807, 2.05) is 0 Å². The van der Waals surface area contributed by atoms with Gasteiger partial charge in [0.15, 0.2) is 0 Å². The van der Waals surface area contributed by atoms with Gasteiger partial charge in [-0.3, -0.25) is 0 Å². The Bertz CT molecular complexity index is 456. The molecule has 118 valence electrons. The first-order valence-corrected chi connectivity index (χ1v) is 9.21. The van der Waals surface area contributed by atoms with Gasteiger partial charge < -0.3 is 10.6 Å². The lowest BCUT2D eigenvalue weighted by Crippen LogP contribution is -2.21. The molecular formula is C16H28N4S. The third-order valence-electron chi connectivity index (χ3n) is 3.92. The Hall–Kier alpha value is -0.970. The molecule has 0 bridgehead atoms. The van der Waals surface area contributed by atoms with Gasteiger partial charge in [0.2, 0.25) is 0 Å². The van der Waals surface area contributed by atoms with Gasteiger partial charge in [0.25, 0.3) is 0 Å². The summed E-state index contributed by atoms with van der Waals surface area (Å²) in [7, 11) is 0. The molecule has 5 heteroatoms. The van der Waals surface area contributed by atoms with Crippen molar-refractivity contribution in [2.75, 3.05) is 35.2 Å². The number of hydrogen-bond donors (Lipinski definition) is 2. The highest BCUT2D eigenvalue weighted by molar-refractivity contribution is 7.99. The standard InChI is InChI=1S/C16H28N4S/c1-5-17-15-12(4)16(20-14(19-15)11(2)3)18-10-13-6-8-21-9-7-13/h11,13H,5-10H2,1-4H3,(H2,17,18,19,20). The molecule has 1 aliphatic rings. The highest BCUT2D eigenvalue weighted by Gasteiger charge is 2.16. The number of nitrogens with zero attached hydrogens (tertiary/aromatic N) is 2. The summed E-state index contributed by atoms with van der Waals surface area (Å²) in [6.45, 7) is 10.4. The van der Waals surface area contributed by atoms with Gasteiger partial charge in [0.05, 0.1) is 0 Å². The molecule has 0 saturated carbocycles. The van der Waals surface area contributed by atoms with E-state index < -0.39 is 0 Å². The molecule has 0 spiro atoms. The number of aromatic nitrogens is 2. The molecule has 1 fully saturated rings. The van der Waals surface area contributed by atoms with Crippen LogP contribution < -0.4 is 10.6 Å². The minimum Gasteiger partial charge on any atom is -0.370 e. The molecule has 1 aromatic rings. The van der Waals surface area contributed by atoms with Gasteiger partial charge in [-0.05, 0) is 44.1 Å². The van der Waals surface area contributed by atoms with Crippen LogP contribution in [0.5, 0.6) is 0 Å². The molecule has 1 saturated heterocycles. The largest absolute Gasteiger partial charge is 0.370 e. The van der Waals surface area contributed by atoms with Crippen LogP contribution in [-0.4, -0.2) is 34.6 Å². The first kappa shape index (κ1) is 16.4. The van der Waals surface area contributed by atoms with Gasteiger partial charge in [0, 0.05) is 24.6 Å². The van der Waals surface area contributed by atoms with E-state index in [1.54, 1.807) is 0 Å². The van der Waals surface area contributed by atoms with Crippen LogP contribution in [0.25, 0.3) is 0 Å². The Labute approximate surface area is 132 Å². The molecule has 1 aliphatic heterocycles. The number of rotatable bonds is 6. The fourth-order valence-electron chi connectivity index (χ4n) is 2.50. The summed E-state index contributed by atoms with van der Waals surface area (Å²) in [6.07, 6.45) is 2.64. The number of nitrogens with one attached hydrogen (secondary N) is 2. The zero-order valence-corrected chi connectivity index (χ0v) is 14.5. The lowest BCUT2D eigenvalue weighted by Gasteiger charge is -2.23. The Morgan fingerprint density at radius 1 is 1.14 bits per heavy atom. The molecule has 1 aromatic heterocycles. The molecular weight excluding hydrogens is 280 g/mol. The van der Waals surface area contributed by atoms with Crippen LogP contribution in [0, 0.1) is 12.8 Å². The molecule has 0 aliphatic carbocycles. The third-order valence-corrected chi connectivity index (χ3v) is 4.97. The molecule has 2 N–H and O–H groups in total. The fourth-order valence-corrected chi connectivity index (χ4v) is 3.70. The van der Waals surface area contributed by atoms with Crippen LogP contribution in [0.1, 0.15) is 50.9 Å². The molecule has 0 radical (unpaired) electrons. The summed E-state index contributed by atoms with van der Waals surface area (Å²) in [6, 6.07) is 0. The third kappa shape index (κ3) is 4.50. The van der Waals surface area contributed by atoms with E-state index in [9.17, 15) is 0 Å². The van der Waals surface area contributed by atoms with Crippen LogP contribution in [0.15, 0.2) is 0 Å². The maximum absolute atomic E-state index is 4.73. The van der Waals surface area contributed by atoms with Gasteiger partial charge >= 0.3 is 0 Å². The summed E-state index contributed by atoms with van der Waals surface area (Å²) in [5.41, 5.74) is 1.13. The summed E-state index contributed by atoms with van der Waals surface area (Å²) in [5.74, 6) is 6.61. The van der Waals surface area contributed by atoms with Crippen molar-refractivity contribution in [3.63, 3.8) is 0 Å². The van der Waals surface area contributed by atoms with Crippen LogP contribution in [0.3, 0.4) is 0 Å². The van der Waals surface area contributed by atoms with Gasteiger partial charge in [-0.25, -0.2) is 9.97 Å². The van der Waals surface area contributed by atoms with Crippen molar-refractivity contribution in [1.82, 2.24) is 9.97 Å². The maximum atomic E-state index is 4.73. The monoisotopic (exact) mass is 308 g/mol. The van der Waals surface area contributed by atoms with Crippen molar-refractivity contribution in [2.24, 2.45) is 5.92 Å². The summed E-state index contributed by atoms with van der Waals surface area (Å²) >= 11 is 2.08. The first-order chi connectivity index (χ1) is 10.1. The van der Waals surface area contributed by atoms with E-state index in [-0.39, 0.29) is 0 Å². The van der Waals surface area contributed by atoms with Crippen LogP contribution in [0.4, 0.5) is 11.6 Å². The number of anilines is 2. The molecule has 0 aromatic carbocycles. The molecule has 4 nitrogen and oxygen atoms in total. The first-order valence-electron chi connectivity index (χ1n) is 8.05. The molecule has 21 heavy (non-hydrogen) atoms. The second-order valence-corrected chi connectivity index (χ2v) is 7.25. The Balaban J connectivity index is 2.12. The Morgan fingerprint density at radius 2 is 1.76 bits per heavy atom. The van der Waals surface area contributed by atoms with E-state index in [1.165, 1.54) is 24.3 Å². The smallest absolute Gasteiger partial charge is 0.135 e. The highest BCUT2D eigenvalue weighted by atomic mass is 32.2. The van der Waals surface area contributed by atoms with Crippen LogP contribution in [0.2, 0.25) is 0 Å². The Morgan fingerprint density at radius 3 is 2.33 bits per heavy atom. The summed E-state index contributed by atoms with van der Waals surface area (Å²) in [5, 5.41) is 6.93. The topological polar surface area (TPSA) is 49.8 Å². The van der Waals surface area contributed by atoms with Gasteiger partial charge in [-0.1, -0.05) is 13.8 Å². The molecule has 0 amide bonds. The van der Waals surface area contributed by atoms with E-state index in [4.69, 9.17) is 4.98 Å². The maximum Gasteiger partial charge on any atom is 0.135 e. The van der Waals surface area contributed by atoms with Crippen molar-refractivity contribution in [1.29, 1.82) is 0 Å². The van der Waals surface area contributed by atoms with E-state index in [0.29, 0.717) is 5.92 Å². The fraction of sp³-hybridized carbons (Fsp3) is 0.750. The summed E-state index contributed by atoms with van der Waals surface area (Å²) < 4.78 is 0. The highest BCUT2D eigenvalue weighted by Crippen LogP contribution is 2.26. The zero-order valence-electron chi connectivity index (χ0n) is 13.7. The van der Waals surface area contributed by atoms with Crippen molar-refractivity contribution < 1.29 is 0 Å². The second kappa shape index (κ2) is 7.87. The second-order valence-electron chi connectivity index (χ2n) is 6.03. The zero-order chi connectivity index (χ0) is 15.2. The van der Waals surface area contributed by atoms with Crippen molar-refractivity contribution >= 4 is 23.4 Å². The minimum absolute atomic E-state index is 0.342. The molecule has 2 heterocycles. The van der Waals surface area contributed by atoms with Gasteiger partial charge in [-0.2, -0.15) is 11.8 Å². The Kier molecular flexibility index (Phi) is 6.15. The predicted octanol–water partition coefficient (Wildman–Crippen LogP) is 3.90. The van der Waals surface area contributed by atoms with Crippen LogP contribution >= 0.6 is 11.8 Å². The van der Waals surface area contributed by atoms with Crippen LogP contribution in [-0.2, 0) is 0 Å². The molecule has 0 atom stereocenters. The average Bonchev–Trinajstić information content (AvgIpc) is 2.49. The van der Waals surface area contributed by atoms with Crippen molar-refractivity contribution in [2.45, 2.75) is 46.5 Å². The van der Waals surface area contributed by atoms with Crippen molar-refractivity contribution in [3.05, 3.63) is 11.4 Å². The quantitative estimate of drug-likeness (QED) is 0.835. The van der Waals surface area contributed by atoms with E-state index >= 15 is 0 Å². The molecule has 2 rings (SSSR count). The minimum atomic E-state index is 0.342. The number of thioether (sulfide) groups is 1. The number of hydrogen-bond acceptors (Lipinski definition) is 5. The normalized spacial score (nSPS) is 16.2. The van der Waals surface area contributed by atoms with E-state index in [0.717, 1.165) is 42.0 Å². The SMILES string of the molecule is CCNc1nc(C(C)C)nc(NCC2CCSCC2)c1C.